The van der Waals surface area contributed by atoms with Crippen LogP contribution in [-0.4, -0.2) is 38.4 Å². The average molecular weight is 291 g/mol. The van der Waals surface area contributed by atoms with Crippen molar-refractivity contribution in [3.8, 4) is 0 Å². The van der Waals surface area contributed by atoms with Gasteiger partial charge in [-0.15, -0.1) is 0 Å². The van der Waals surface area contributed by atoms with Gasteiger partial charge in [-0.05, 0) is 19.1 Å². The Hall–Kier alpha value is -1.62. The second-order valence-electron chi connectivity index (χ2n) is 5.75. The van der Waals surface area contributed by atoms with Crippen molar-refractivity contribution in [2.24, 2.45) is 11.8 Å². The Morgan fingerprint density at radius 1 is 1.30 bits per heavy atom. The summed E-state index contributed by atoms with van der Waals surface area (Å²) in [4.78, 5) is 22.3. The number of likely N-dealkylation sites (tertiary alicyclic amines) is 1. The fourth-order valence-electron chi connectivity index (χ4n) is 3.56. The molecule has 0 N–H and O–H groups in total. The minimum atomic E-state index is 0.171. The van der Waals surface area contributed by atoms with Crippen molar-refractivity contribution >= 4 is 28.7 Å². The number of imidazole rings is 1. The molecule has 2 aromatic heterocycles. The first kappa shape index (κ1) is 12.1. The van der Waals surface area contributed by atoms with Gasteiger partial charge in [0.1, 0.15) is 16.5 Å². The third kappa shape index (κ3) is 1.59. The number of aryl methyl sites for hydroxylation is 1. The Morgan fingerprint density at radius 3 is 2.65 bits per heavy atom. The van der Waals surface area contributed by atoms with Crippen LogP contribution >= 0.6 is 11.6 Å². The fourth-order valence-corrected chi connectivity index (χ4v) is 3.70. The van der Waals surface area contributed by atoms with E-state index in [4.69, 9.17) is 11.6 Å². The van der Waals surface area contributed by atoms with Crippen LogP contribution in [0.5, 0.6) is 0 Å². The normalized spacial score (nSPS) is 27.9. The van der Waals surface area contributed by atoms with Crippen LogP contribution in [0.15, 0.2) is 12.1 Å². The number of rotatable bonds is 1. The van der Waals surface area contributed by atoms with E-state index in [1.54, 1.807) is 13.0 Å². The minimum Gasteiger partial charge on any atom is -0.342 e. The SMILES string of the molecule is CC(=O)N1C[C@@H]2C(n3c(C)nc4ccc(Cl)nc43)[C@@H]2C1. The van der Waals surface area contributed by atoms with Gasteiger partial charge in [-0.2, -0.15) is 0 Å². The molecule has 2 fully saturated rings. The molecule has 5 nitrogen and oxygen atoms in total. The van der Waals surface area contributed by atoms with Crippen LogP contribution in [0.1, 0.15) is 18.8 Å². The number of pyridine rings is 1. The highest BCUT2D eigenvalue weighted by molar-refractivity contribution is 6.29. The van der Waals surface area contributed by atoms with Gasteiger partial charge < -0.3 is 9.47 Å². The largest absolute Gasteiger partial charge is 0.342 e. The lowest BCUT2D eigenvalue weighted by Gasteiger charge is -2.18. The summed E-state index contributed by atoms with van der Waals surface area (Å²) in [6.07, 6.45) is 0. The van der Waals surface area contributed by atoms with E-state index in [-0.39, 0.29) is 5.91 Å². The van der Waals surface area contributed by atoms with Crippen molar-refractivity contribution in [2.45, 2.75) is 19.9 Å². The van der Waals surface area contributed by atoms with Crippen molar-refractivity contribution in [2.75, 3.05) is 13.1 Å². The van der Waals surface area contributed by atoms with Crippen molar-refractivity contribution in [3.05, 3.63) is 23.1 Å². The molecule has 4 rings (SSSR count). The summed E-state index contributed by atoms with van der Waals surface area (Å²) in [6, 6.07) is 4.10. The Bertz CT molecular complexity index is 713. The first-order valence-electron chi connectivity index (χ1n) is 6.83. The third-order valence-corrected chi connectivity index (χ3v) is 4.78. The van der Waals surface area contributed by atoms with Gasteiger partial charge in [-0.25, -0.2) is 9.97 Å². The molecule has 2 aromatic rings. The number of hydrogen-bond acceptors (Lipinski definition) is 3. The van der Waals surface area contributed by atoms with E-state index in [2.05, 4.69) is 14.5 Å². The first-order valence-corrected chi connectivity index (χ1v) is 7.20. The lowest BCUT2D eigenvalue weighted by atomic mass is 10.3. The molecule has 0 radical (unpaired) electrons. The molecule has 3 heterocycles. The van der Waals surface area contributed by atoms with Crippen LogP contribution in [0.25, 0.3) is 11.2 Å². The summed E-state index contributed by atoms with van der Waals surface area (Å²) in [5.41, 5.74) is 1.75. The monoisotopic (exact) mass is 290 g/mol. The molecule has 6 heteroatoms. The second-order valence-corrected chi connectivity index (χ2v) is 6.14. The maximum atomic E-state index is 11.4. The maximum absolute atomic E-state index is 11.4. The van der Waals surface area contributed by atoms with E-state index in [1.807, 2.05) is 17.9 Å². The highest BCUT2D eigenvalue weighted by atomic mass is 35.5. The molecule has 1 aliphatic carbocycles. The predicted octanol–water partition coefficient (Wildman–Crippen LogP) is 2.04. The molecule has 1 amide bonds. The number of fused-ring (bicyclic) bond motifs is 2. The molecular weight excluding hydrogens is 276 g/mol. The van der Waals surface area contributed by atoms with Crippen LogP contribution in [-0.2, 0) is 4.79 Å². The Morgan fingerprint density at radius 2 is 2.00 bits per heavy atom. The molecule has 2 aliphatic rings. The van der Waals surface area contributed by atoms with E-state index in [9.17, 15) is 4.79 Å². The van der Waals surface area contributed by atoms with E-state index < -0.39 is 0 Å². The summed E-state index contributed by atoms with van der Waals surface area (Å²) in [5.74, 6) is 2.22. The Labute approximate surface area is 121 Å². The van der Waals surface area contributed by atoms with Crippen LogP contribution in [0.2, 0.25) is 5.15 Å². The van der Waals surface area contributed by atoms with Crippen LogP contribution in [0.3, 0.4) is 0 Å². The van der Waals surface area contributed by atoms with Gasteiger partial charge >= 0.3 is 0 Å². The van der Waals surface area contributed by atoms with Crippen LogP contribution in [0.4, 0.5) is 0 Å². The molecule has 20 heavy (non-hydrogen) atoms. The van der Waals surface area contributed by atoms with Gasteiger partial charge in [0, 0.05) is 37.9 Å². The van der Waals surface area contributed by atoms with Crippen molar-refractivity contribution < 1.29 is 4.79 Å². The molecule has 1 saturated carbocycles. The molecule has 0 spiro atoms. The Balaban J connectivity index is 1.70. The molecule has 3 atom stereocenters. The highest BCUT2D eigenvalue weighted by Gasteiger charge is 2.58. The smallest absolute Gasteiger partial charge is 0.219 e. The molecular formula is C14H15ClN4O. The summed E-state index contributed by atoms with van der Waals surface area (Å²) in [6.45, 7) is 5.35. The van der Waals surface area contributed by atoms with E-state index in [0.717, 1.165) is 30.1 Å². The molecule has 0 bridgehead atoms. The van der Waals surface area contributed by atoms with Gasteiger partial charge in [0.15, 0.2) is 5.65 Å². The summed E-state index contributed by atoms with van der Waals surface area (Å²) in [5, 5.41) is 0.495. The van der Waals surface area contributed by atoms with E-state index in [0.29, 0.717) is 23.0 Å². The lowest BCUT2D eigenvalue weighted by molar-refractivity contribution is -0.128. The standard InChI is InChI=1S/C14H15ClN4O/c1-7-16-11-3-4-12(15)17-14(11)19(7)13-9-5-18(8(2)20)6-10(9)13/h3-4,9-10,13H,5-6H2,1-2H3/t9-,10+,13?. The van der Waals surface area contributed by atoms with Crippen LogP contribution < -0.4 is 0 Å². The number of halogens is 1. The quantitative estimate of drug-likeness (QED) is 0.755. The maximum Gasteiger partial charge on any atom is 0.219 e. The highest BCUT2D eigenvalue weighted by Crippen LogP contribution is 2.56. The molecule has 1 unspecified atom stereocenters. The number of carbonyl (C=O) groups excluding carboxylic acids is 1. The molecule has 104 valence electrons. The van der Waals surface area contributed by atoms with E-state index >= 15 is 0 Å². The third-order valence-electron chi connectivity index (χ3n) is 4.57. The fraction of sp³-hybridized carbons (Fsp3) is 0.500. The zero-order valence-corrected chi connectivity index (χ0v) is 12.1. The molecule has 1 aliphatic heterocycles. The van der Waals surface area contributed by atoms with Crippen molar-refractivity contribution in [1.29, 1.82) is 0 Å². The van der Waals surface area contributed by atoms with E-state index in [1.165, 1.54) is 0 Å². The average Bonchev–Trinajstić information content (AvgIpc) is 2.77. The number of piperidine rings is 1. The number of amides is 1. The topological polar surface area (TPSA) is 51.0 Å². The minimum absolute atomic E-state index is 0.171. The number of hydrogen-bond donors (Lipinski definition) is 0. The molecule has 0 aromatic carbocycles. The summed E-state index contributed by atoms with van der Waals surface area (Å²) >= 11 is 6.01. The zero-order chi connectivity index (χ0) is 14.0. The van der Waals surface area contributed by atoms with Gasteiger partial charge in [-0.1, -0.05) is 11.6 Å². The predicted molar refractivity (Wildman–Crippen MR) is 75.5 cm³/mol. The number of aromatic nitrogens is 3. The second kappa shape index (κ2) is 3.95. The summed E-state index contributed by atoms with van der Waals surface area (Å²) < 4.78 is 2.20. The number of nitrogens with zero attached hydrogens (tertiary/aromatic N) is 4. The Kier molecular flexibility index (Phi) is 2.40. The van der Waals surface area contributed by atoms with Gasteiger partial charge in [0.05, 0.1) is 0 Å². The number of carbonyl (C=O) groups is 1. The van der Waals surface area contributed by atoms with Gasteiger partial charge in [0.25, 0.3) is 0 Å². The van der Waals surface area contributed by atoms with Crippen molar-refractivity contribution in [1.82, 2.24) is 19.4 Å². The summed E-state index contributed by atoms with van der Waals surface area (Å²) in [7, 11) is 0. The zero-order valence-electron chi connectivity index (χ0n) is 11.4. The lowest BCUT2D eigenvalue weighted by Crippen LogP contribution is -2.29. The van der Waals surface area contributed by atoms with Crippen LogP contribution in [0, 0.1) is 18.8 Å². The first-order chi connectivity index (χ1) is 9.56. The van der Waals surface area contributed by atoms with Crippen molar-refractivity contribution in [3.63, 3.8) is 0 Å². The molecule has 1 saturated heterocycles. The van der Waals surface area contributed by atoms with Gasteiger partial charge in [0.2, 0.25) is 5.91 Å². The van der Waals surface area contributed by atoms with Gasteiger partial charge in [-0.3, -0.25) is 4.79 Å².